The molecule has 15 nitrogen and oxygen atoms in total. The van der Waals surface area contributed by atoms with Gasteiger partial charge >= 0.3 is 12.1 Å². The number of benzene rings is 1. The number of fused-ring (bicyclic) bond motifs is 2. The molecular weight excluding hydrogens is 765 g/mol. The van der Waals surface area contributed by atoms with Crippen molar-refractivity contribution in [3.63, 3.8) is 0 Å². The maximum absolute atomic E-state index is 14.7. The Hall–Kier alpha value is -4.96. The van der Waals surface area contributed by atoms with Gasteiger partial charge in [-0.15, -0.1) is 17.9 Å². The molecule has 4 N–H and O–H groups in total. The van der Waals surface area contributed by atoms with Gasteiger partial charge in [-0.25, -0.2) is 19.6 Å². The molecule has 4 aliphatic rings. The lowest BCUT2D eigenvalue weighted by Gasteiger charge is -2.35. The summed E-state index contributed by atoms with van der Waals surface area (Å²) in [5, 5.41) is 22.3. The summed E-state index contributed by atoms with van der Waals surface area (Å²) in [6, 6.07) is 5.26. The third kappa shape index (κ3) is 8.87. The fraction of sp³-hybridized carbons (Fsp3) is 0.571. The minimum Gasteiger partial charge on any atom is -0.491 e. The molecule has 312 valence electrons. The highest BCUT2D eigenvalue weighted by molar-refractivity contribution is 7.14. The van der Waals surface area contributed by atoms with E-state index in [4.69, 9.17) is 28.9 Å². The normalized spacial score (nSPS) is 26.4. The van der Waals surface area contributed by atoms with Crippen molar-refractivity contribution in [3.8, 4) is 22.9 Å². The molecule has 3 aromatic rings. The van der Waals surface area contributed by atoms with Crippen LogP contribution >= 0.6 is 11.3 Å². The Morgan fingerprint density at radius 3 is 2.47 bits per heavy atom. The molecule has 2 aromatic heterocycles. The number of nitrogens with zero attached hydrogens (tertiary/aromatic N) is 3. The van der Waals surface area contributed by atoms with E-state index in [1.165, 1.54) is 28.7 Å². The van der Waals surface area contributed by atoms with Crippen molar-refractivity contribution >= 4 is 51.2 Å². The van der Waals surface area contributed by atoms with Crippen LogP contribution < -0.4 is 25.4 Å². The van der Waals surface area contributed by atoms with Crippen molar-refractivity contribution in [2.45, 2.75) is 103 Å². The zero-order valence-corrected chi connectivity index (χ0v) is 34.7. The summed E-state index contributed by atoms with van der Waals surface area (Å²) in [7, 11) is 1.60. The van der Waals surface area contributed by atoms with Crippen LogP contribution in [-0.4, -0.2) is 107 Å². The Kier molecular flexibility index (Phi) is 11.6. The van der Waals surface area contributed by atoms with E-state index in [2.05, 4.69) is 22.5 Å². The van der Waals surface area contributed by atoms with Crippen molar-refractivity contribution in [3.05, 3.63) is 42.3 Å². The number of methoxy groups -OCH3 is 1. The van der Waals surface area contributed by atoms with E-state index in [-0.39, 0.29) is 31.5 Å². The molecule has 3 saturated carbocycles. The van der Waals surface area contributed by atoms with Crippen LogP contribution in [0.25, 0.3) is 22.3 Å². The molecule has 1 aromatic carbocycles. The maximum atomic E-state index is 14.7. The van der Waals surface area contributed by atoms with Gasteiger partial charge in [-0.3, -0.25) is 9.59 Å². The molecule has 8 atom stereocenters. The Labute approximate surface area is 342 Å². The van der Waals surface area contributed by atoms with Gasteiger partial charge in [0.1, 0.15) is 53.6 Å². The predicted octanol–water partition coefficient (Wildman–Crippen LogP) is 5.64. The maximum Gasteiger partial charge on any atom is 0.408 e. The topological polar surface area (TPSA) is 191 Å². The number of likely N-dealkylation sites (tertiary alicyclic amines) is 1. The summed E-state index contributed by atoms with van der Waals surface area (Å²) in [4.78, 5) is 65.7. The Bertz CT molecular complexity index is 2060. The van der Waals surface area contributed by atoms with Crippen molar-refractivity contribution in [2.24, 2.45) is 23.2 Å². The fourth-order valence-electron chi connectivity index (χ4n) is 8.19. The Morgan fingerprint density at radius 1 is 1.05 bits per heavy atom. The number of carbonyl (C=O) groups excluding carboxylic acids is 3. The van der Waals surface area contributed by atoms with Gasteiger partial charge in [0.05, 0.1) is 24.4 Å². The molecule has 7 rings (SSSR count). The minimum atomic E-state index is -1.52. The number of alkyl carbamates (subject to hydrolysis) is 1. The number of carboxylic acid groups (broad SMARTS) is 1. The summed E-state index contributed by atoms with van der Waals surface area (Å²) < 4.78 is 23.6. The number of rotatable bonds is 16. The highest BCUT2D eigenvalue weighted by atomic mass is 32.1. The van der Waals surface area contributed by atoms with E-state index in [9.17, 15) is 24.3 Å². The van der Waals surface area contributed by atoms with E-state index >= 15 is 0 Å². The molecule has 1 saturated heterocycles. The SMILES string of the molecule is C=CC1C[C@]1(NC(=O)[C@@H]1C[C@@H](Oc2cc(-c3csc(NC(C)C)n3)nc3cc(OCCOC)ccc23)CN1C(=O)C(NC(=O)O[C@@H]1C[C@@H]2C[C@@H]2C1)C(C)(C)C)C(=O)O. The first kappa shape index (κ1) is 41.2. The number of carbonyl (C=O) groups is 4. The number of amides is 3. The van der Waals surface area contributed by atoms with Crippen molar-refractivity contribution in [1.29, 1.82) is 0 Å². The van der Waals surface area contributed by atoms with E-state index in [1.807, 2.05) is 58.2 Å². The number of aromatic nitrogens is 2. The van der Waals surface area contributed by atoms with E-state index in [0.29, 0.717) is 58.8 Å². The second-order valence-corrected chi connectivity index (χ2v) is 18.2. The number of hydrogen-bond acceptors (Lipinski definition) is 12. The summed E-state index contributed by atoms with van der Waals surface area (Å²) in [6.45, 7) is 14.0. The van der Waals surface area contributed by atoms with Crippen LogP contribution in [0.3, 0.4) is 0 Å². The van der Waals surface area contributed by atoms with Crippen molar-refractivity contribution in [1.82, 2.24) is 25.5 Å². The summed E-state index contributed by atoms with van der Waals surface area (Å²) in [5.41, 5.74) is -0.539. The van der Waals surface area contributed by atoms with Gasteiger partial charge in [0.2, 0.25) is 11.8 Å². The number of pyridine rings is 1. The number of aliphatic carboxylic acids is 1. The number of ether oxygens (including phenoxy) is 4. The van der Waals surface area contributed by atoms with Gasteiger partial charge in [-0.1, -0.05) is 26.8 Å². The molecule has 3 heterocycles. The Morgan fingerprint density at radius 2 is 1.81 bits per heavy atom. The fourth-order valence-corrected chi connectivity index (χ4v) is 9.04. The molecule has 0 bridgehead atoms. The summed E-state index contributed by atoms with van der Waals surface area (Å²) >= 11 is 1.46. The molecule has 3 aliphatic carbocycles. The molecule has 1 aliphatic heterocycles. The largest absolute Gasteiger partial charge is 0.491 e. The number of hydrogen-bond donors (Lipinski definition) is 4. The van der Waals surface area contributed by atoms with Gasteiger partial charge in [0, 0.05) is 48.4 Å². The lowest BCUT2D eigenvalue weighted by atomic mass is 9.85. The van der Waals surface area contributed by atoms with Crippen LogP contribution in [-0.2, 0) is 23.9 Å². The Balaban J connectivity index is 1.19. The second-order valence-electron chi connectivity index (χ2n) is 17.4. The van der Waals surface area contributed by atoms with E-state index < -0.39 is 58.9 Å². The van der Waals surface area contributed by atoms with Gasteiger partial charge in [0.15, 0.2) is 5.13 Å². The third-order valence-corrected chi connectivity index (χ3v) is 12.3. The lowest BCUT2D eigenvalue weighted by Crippen LogP contribution is -2.59. The number of nitrogens with one attached hydrogen (secondary N) is 3. The van der Waals surface area contributed by atoms with E-state index in [1.54, 1.807) is 13.2 Å². The highest BCUT2D eigenvalue weighted by Crippen LogP contribution is 2.52. The molecular formula is C42H54N6O9S. The number of carboxylic acids is 1. The summed E-state index contributed by atoms with van der Waals surface area (Å²) in [5.74, 6) is -0.521. The number of thiazole rings is 1. The van der Waals surface area contributed by atoms with Crippen LogP contribution in [0.1, 0.15) is 66.7 Å². The van der Waals surface area contributed by atoms with Gasteiger partial charge in [0.25, 0.3) is 0 Å². The minimum absolute atomic E-state index is 0.0201. The van der Waals surface area contributed by atoms with E-state index in [0.717, 1.165) is 18.0 Å². The molecule has 4 fully saturated rings. The molecule has 0 spiro atoms. The second kappa shape index (κ2) is 16.4. The quantitative estimate of drug-likeness (QED) is 0.103. The number of anilines is 1. The first-order chi connectivity index (χ1) is 27.6. The van der Waals surface area contributed by atoms with Crippen molar-refractivity contribution in [2.75, 3.05) is 32.2 Å². The third-order valence-electron chi connectivity index (χ3n) is 11.5. The first-order valence-corrected chi connectivity index (χ1v) is 20.9. The molecule has 16 heteroatoms. The van der Waals surface area contributed by atoms with Crippen LogP contribution in [0, 0.1) is 23.2 Å². The standard InChI is InChI=1S/C42H54N6O9S/c1-8-25-19-42(25,38(51)52)47-36(49)33-17-28(20-48(33)37(50)35(41(4,5)6)46-40(53)57-27-14-23-13-24(23)15-27)56-34-18-31(32-21-58-39(45-32)43-22(2)3)44-30-16-26(9-10-29(30)34)55-12-11-54-7/h8-10,16,18,21-25,27-28,33,35H,1,11-15,17,19-20H2,2-7H3,(H,43,45)(H,46,53)(H,47,49)(H,51,52)/t23-,24+,25?,27+,28-,33+,35?,42-/m1/s1. The van der Waals surface area contributed by atoms with Crippen LogP contribution in [0.15, 0.2) is 42.3 Å². The van der Waals surface area contributed by atoms with Gasteiger partial charge < -0.3 is 44.9 Å². The zero-order chi connectivity index (χ0) is 41.5. The van der Waals surface area contributed by atoms with Crippen LogP contribution in [0.4, 0.5) is 9.93 Å². The lowest BCUT2D eigenvalue weighted by molar-refractivity contribution is -0.146. The predicted molar refractivity (Wildman–Crippen MR) is 218 cm³/mol. The highest BCUT2D eigenvalue weighted by Gasteiger charge is 2.61. The van der Waals surface area contributed by atoms with Crippen LogP contribution in [0.5, 0.6) is 11.5 Å². The molecule has 3 amide bonds. The van der Waals surface area contributed by atoms with Gasteiger partial charge in [-0.05, 0) is 68.9 Å². The molecule has 58 heavy (non-hydrogen) atoms. The zero-order valence-electron chi connectivity index (χ0n) is 33.9. The first-order valence-electron chi connectivity index (χ1n) is 20.0. The summed E-state index contributed by atoms with van der Waals surface area (Å²) in [6.07, 6.45) is 2.98. The van der Waals surface area contributed by atoms with Crippen LogP contribution in [0.2, 0.25) is 0 Å². The molecule has 0 radical (unpaired) electrons. The van der Waals surface area contributed by atoms with Gasteiger partial charge in [-0.2, -0.15) is 0 Å². The average Bonchev–Trinajstić information content (AvgIpc) is 3.83. The van der Waals surface area contributed by atoms with Crippen molar-refractivity contribution < 1.29 is 43.2 Å². The molecule has 2 unspecified atom stereocenters. The smallest absolute Gasteiger partial charge is 0.408 e. The monoisotopic (exact) mass is 818 g/mol. The average molecular weight is 819 g/mol.